The van der Waals surface area contributed by atoms with Crippen LogP contribution in [0.5, 0.6) is 0 Å². The first-order chi connectivity index (χ1) is 9.66. The molecular weight excluding hydrogens is 255 g/mol. The van der Waals surface area contributed by atoms with Crippen molar-refractivity contribution >= 4 is 23.0 Å². The number of nitrogens with zero attached hydrogens (tertiary/aromatic N) is 1. The normalized spacial score (nSPS) is 14.5. The molecule has 0 atom stereocenters. The van der Waals surface area contributed by atoms with Gasteiger partial charge in [-0.3, -0.25) is 4.79 Å². The molecule has 3 nitrogen and oxygen atoms in total. The van der Waals surface area contributed by atoms with Gasteiger partial charge in [0.15, 0.2) is 0 Å². The number of anilines is 3. The molecule has 1 amide bonds. The molecular formula is C16H15FN2O. The Hall–Kier alpha value is -2.36. The molecule has 0 spiro atoms. The molecule has 0 aromatic heterocycles. The molecule has 1 N–H and O–H groups in total. The number of nitrogens with one attached hydrogen (secondary N) is 1. The Morgan fingerprint density at radius 3 is 2.65 bits per heavy atom. The van der Waals surface area contributed by atoms with Gasteiger partial charge in [-0.1, -0.05) is 24.3 Å². The van der Waals surface area contributed by atoms with Crippen molar-refractivity contribution < 1.29 is 9.18 Å². The minimum Gasteiger partial charge on any atom is -0.339 e. The minimum atomic E-state index is -0.406. The SMILES string of the molecule is Cc1ccccc1N1CCC(=O)Nc2c(F)cccc21. The first-order valence-corrected chi connectivity index (χ1v) is 6.58. The maximum atomic E-state index is 14.0. The molecule has 0 saturated heterocycles. The van der Waals surface area contributed by atoms with E-state index in [1.54, 1.807) is 6.07 Å². The van der Waals surface area contributed by atoms with Crippen LogP contribution in [0, 0.1) is 12.7 Å². The van der Waals surface area contributed by atoms with Crippen LogP contribution in [0.25, 0.3) is 0 Å². The molecule has 0 fully saturated rings. The van der Waals surface area contributed by atoms with Crippen molar-refractivity contribution in [3.8, 4) is 0 Å². The van der Waals surface area contributed by atoms with Crippen LogP contribution in [0.2, 0.25) is 0 Å². The average Bonchev–Trinajstić information content (AvgIpc) is 2.60. The van der Waals surface area contributed by atoms with Gasteiger partial charge in [-0.15, -0.1) is 0 Å². The van der Waals surface area contributed by atoms with Crippen LogP contribution < -0.4 is 10.2 Å². The summed E-state index contributed by atoms with van der Waals surface area (Å²) in [6.07, 6.45) is 0.336. The van der Waals surface area contributed by atoms with E-state index in [0.29, 0.717) is 18.7 Å². The largest absolute Gasteiger partial charge is 0.339 e. The van der Waals surface area contributed by atoms with Gasteiger partial charge in [-0.25, -0.2) is 4.39 Å². The summed E-state index contributed by atoms with van der Waals surface area (Å²) in [5.41, 5.74) is 3.05. The van der Waals surface area contributed by atoms with Crippen molar-refractivity contribution in [2.24, 2.45) is 0 Å². The number of fused-ring (bicyclic) bond motifs is 1. The molecule has 1 heterocycles. The fourth-order valence-electron chi connectivity index (χ4n) is 2.51. The number of hydrogen-bond donors (Lipinski definition) is 1. The summed E-state index contributed by atoms with van der Waals surface area (Å²) >= 11 is 0. The van der Waals surface area contributed by atoms with Gasteiger partial charge in [0.05, 0.1) is 5.69 Å². The Kier molecular flexibility index (Phi) is 3.14. The number of carbonyl (C=O) groups excluding carboxylic acids is 1. The van der Waals surface area contributed by atoms with Gasteiger partial charge in [0.1, 0.15) is 11.5 Å². The van der Waals surface area contributed by atoms with E-state index in [0.717, 1.165) is 11.3 Å². The smallest absolute Gasteiger partial charge is 0.226 e. The quantitative estimate of drug-likeness (QED) is 0.858. The van der Waals surface area contributed by atoms with E-state index in [9.17, 15) is 9.18 Å². The average molecular weight is 270 g/mol. The lowest BCUT2D eigenvalue weighted by molar-refractivity contribution is -0.115. The number of para-hydroxylation sites is 2. The number of halogens is 1. The van der Waals surface area contributed by atoms with Gasteiger partial charge < -0.3 is 10.2 Å². The third-order valence-corrected chi connectivity index (χ3v) is 3.52. The maximum Gasteiger partial charge on any atom is 0.226 e. The summed E-state index contributed by atoms with van der Waals surface area (Å²) in [6, 6.07) is 12.8. The van der Waals surface area contributed by atoms with E-state index in [2.05, 4.69) is 5.32 Å². The zero-order valence-corrected chi connectivity index (χ0v) is 11.2. The zero-order chi connectivity index (χ0) is 14.1. The standard InChI is InChI=1S/C16H15FN2O/c1-11-5-2-3-7-13(11)19-10-9-15(20)18-16-12(17)6-4-8-14(16)19/h2-8H,9-10H2,1H3,(H,18,20). The first-order valence-electron chi connectivity index (χ1n) is 6.58. The highest BCUT2D eigenvalue weighted by molar-refractivity contribution is 5.97. The van der Waals surface area contributed by atoms with E-state index in [-0.39, 0.29) is 11.6 Å². The molecule has 2 aromatic rings. The van der Waals surface area contributed by atoms with Gasteiger partial charge in [0.25, 0.3) is 0 Å². The molecule has 4 heteroatoms. The lowest BCUT2D eigenvalue weighted by atomic mass is 10.1. The van der Waals surface area contributed by atoms with Crippen LogP contribution in [-0.2, 0) is 4.79 Å². The maximum absolute atomic E-state index is 14.0. The van der Waals surface area contributed by atoms with Crippen molar-refractivity contribution in [1.29, 1.82) is 0 Å². The summed E-state index contributed by atoms with van der Waals surface area (Å²) < 4.78 is 14.0. The van der Waals surface area contributed by atoms with E-state index in [1.165, 1.54) is 6.07 Å². The second-order valence-corrected chi connectivity index (χ2v) is 4.87. The van der Waals surface area contributed by atoms with Crippen LogP contribution in [0.3, 0.4) is 0 Å². The van der Waals surface area contributed by atoms with Gasteiger partial charge >= 0.3 is 0 Å². The van der Waals surface area contributed by atoms with Crippen molar-refractivity contribution in [1.82, 2.24) is 0 Å². The monoisotopic (exact) mass is 270 g/mol. The Morgan fingerprint density at radius 1 is 1.10 bits per heavy atom. The number of amides is 1. The predicted octanol–water partition coefficient (Wildman–Crippen LogP) is 3.61. The van der Waals surface area contributed by atoms with Gasteiger partial charge in [-0.05, 0) is 30.7 Å². The van der Waals surface area contributed by atoms with Gasteiger partial charge in [0, 0.05) is 18.7 Å². The fraction of sp³-hybridized carbons (Fsp3) is 0.188. The molecule has 1 aliphatic rings. The number of carbonyl (C=O) groups is 1. The van der Waals surface area contributed by atoms with Crippen molar-refractivity contribution in [2.75, 3.05) is 16.8 Å². The number of aryl methyl sites for hydroxylation is 1. The highest BCUT2D eigenvalue weighted by Gasteiger charge is 2.23. The third kappa shape index (κ3) is 2.13. The van der Waals surface area contributed by atoms with Crippen LogP contribution in [-0.4, -0.2) is 12.5 Å². The Bertz CT molecular complexity index is 669. The summed E-state index contributed by atoms with van der Waals surface area (Å²) in [5.74, 6) is -0.566. The highest BCUT2D eigenvalue weighted by atomic mass is 19.1. The molecule has 20 heavy (non-hydrogen) atoms. The van der Waals surface area contributed by atoms with Crippen LogP contribution in [0.15, 0.2) is 42.5 Å². The van der Waals surface area contributed by atoms with E-state index < -0.39 is 5.82 Å². The molecule has 0 bridgehead atoms. The molecule has 1 aliphatic heterocycles. The topological polar surface area (TPSA) is 32.3 Å². The number of benzene rings is 2. The lowest BCUT2D eigenvalue weighted by Gasteiger charge is -2.26. The van der Waals surface area contributed by atoms with Crippen molar-refractivity contribution in [3.63, 3.8) is 0 Å². The first kappa shape index (κ1) is 12.7. The molecule has 3 rings (SSSR count). The molecule has 0 unspecified atom stereocenters. The molecule has 0 radical (unpaired) electrons. The van der Waals surface area contributed by atoms with Crippen molar-refractivity contribution in [3.05, 3.63) is 53.8 Å². The summed E-state index contributed by atoms with van der Waals surface area (Å²) in [6.45, 7) is 2.54. The summed E-state index contributed by atoms with van der Waals surface area (Å²) in [4.78, 5) is 13.7. The van der Waals surface area contributed by atoms with E-state index in [1.807, 2.05) is 42.2 Å². The number of rotatable bonds is 1. The highest BCUT2D eigenvalue weighted by Crippen LogP contribution is 2.37. The van der Waals surface area contributed by atoms with Gasteiger partial charge in [0.2, 0.25) is 5.91 Å². The van der Waals surface area contributed by atoms with Crippen LogP contribution in [0.4, 0.5) is 21.5 Å². The second kappa shape index (κ2) is 4.96. The van der Waals surface area contributed by atoms with Crippen LogP contribution >= 0.6 is 0 Å². The van der Waals surface area contributed by atoms with E-state index in [4.69, 9.17) is 0 Å². The predicted molar refractivity (Wildman–Crippen MR) is 77.8 cm³/mol. The number of hydrogen-bond acceptors (Lipinski definition) is 2. The molecule has 0 saturated carbocycles. The zero-order valence-electron chi connectivity index (χ0n) is 11.2. The van der Waals surface area contributed by atoms with E-state index >= 15 is 0 Å². The van der Waals surface area contributed by atoms with Crippen molar-refractivity contribution in [2.45, 2.75) is 13.3 Å². The summed E-state index contributed by atoms with van der Waals surface area (Å²) in [7, 11) is 0. The van der Waals surface area contributed by atoms with Gasteiger partial charge in [-0.2, -0.15) is 0 Å². The lowest BCUT2D eigenvalue weighted by Crippen LogP contribution is -2.19. The fourth-order valence-corrected chi connectivity index (χ4v) is 2.51. The third-order valence-electron chi connectivity index (χ3n) is 3.52. The summed E-state index contributed by atoms with van der Waals surface area (Å²) in [5, 5.41) is 2.65. The minimum absolute atomic E-state index is 0.160. The molecule has 0 aliphatic carbocycles. The Morgan fingerprint density at radius 2 is 1.85 bits per heavy atom. The Labute approximate surface area is 117 Å². The van der Waals surface area contributed by atoms with Crippen LogP contribution in [0.1, 0.15) is 12.0 Å². The molecule has 102 valence electrons. The molecule has 2 aromatic carbocycles. The second-order valence-electron chi connectivity index (χ2n) is 4.87. The Balaban J connectivity index is 2.16.